The van der Waals surface area contributed by atoms with Gasteiger partial charge in [0.1, 0.15) is 23.9 Å². The Morgan fingerprint density at radius 3 is 2.92 bits per heavy atom. The number of ether oxygens (including phenoxy) is 1. The lowest BCUT2D eigenvalue weighted by atomic mass is 10.0. The van der Waals surface area contributed by atoms with Crippen LogP contribution in [0.5, 0.6) is 5.75 Å². The third-order valence-electron chi connectivity index (χ3n) is 4.51. The molecule has 124 valence electrons. The quantitative estimate of drug-likeness (QED) is 0.933. The van der Waals surface area contributed by atoms with E-state index in [1.54, 1.807) is 17.2 Å². The van der Waals surface area contributed by atoms with Crippen LogP contribution in [-0.2, 0) is 0 Å². The van der Waals surface area contributed by atoms with E-state index in [0.29, 0.717) is 30.5 Å². The Balaban J connectivity index is 1.66. The highest BCUT2D eigenvalue weighted by Gasteiger charge is 2.32. The van der Waals surface area contributed by atoms with Crippen molar-refractivity contribution in [2.75, 3.05) is 19.8 Å². The number of benzene rings is 1. The minimum Gasteiger partial charge on any atom is -0.491 e. The predicted octanol–water partition coefficient (Wildman–Crippen LogP) is 1.92. The second-order valence-corrected chi connectivity index (χ2v) is 6.16. The number of carbonyl (C=O) groups excluding carboxylic acids is 1. The van der Waals surface area contributed by atoms with Gasteiger partial charge in [0, 0.05) is 17.7 Å². The molecule has 0 spiro atoms. The molecule has 1 aromatic heterocycles. The number of aliphatic hydroxyl groups is 1. The predicted molar refractivity (Wildman–Crippen MR) is 86.8 cm³/mol. The van der Waals surface area contributed by atoms with Crippen molar-refractivity contribution in [2.24, 2.45) is 0 Å². The molecule has 24 heavy (non-hydrogen) atoms. The summed E-state index contributed by atoms with van der Waals surface area (Å²) in [6.45, 7) is 0.633. The summed E-state index contributed by atoms with van der Waals surface area (Å²) in [5.74, 6) is 1.65. The van der Waals surface area contributed by atoms with Crippen molar-refractivity contribution in [3.8, 4) is 5.75 Å². The van der Waals surface area contributed by atoms with E-state index >= 15 is 0 Å². The molecule has 1 saturated carbocycles. The molecule has 2 aromatic rings. The van der Waals surface area contributed by atoms with Gasteiger partial charge in [0.25, 0.3) is 5.91 Å². The molecule has 1 amide bonds. The molecule has 2 heterocycles. The first-order valence-corrected chi connectivity index (χ1v) is 8.24. The average Bonchev–Trinajstić information content (AvgIpc) is 3.47. The normalized spacial score (nSPS) is 20.0. The zero-order valence-electron chi connectivity index (χ0n) is 13.3. The van der Waals surface area contributed by atoms with Crippen LogP contribution in [0.15, 0.2) is 36.5 Å². The van der Waals surface area contributed by atoms with E-state index in [4.69, 9.17) is 4.74 Å². The van der Waals surface area contributed by atoms with Crippen molar-refractivity contribution in [3.63, 3.8) is 0 Å². The van der Waals surface area contributed by atoms with Gasteiger partial charge in [-0.3, -0.25) is 4.79 Å². The standard InChI is InChI=1S/C18H19N3O3/c22-11-15-13-3-1-2-4-16(13)24-10-9-21(15)18(23)14-7-8-19-17(20-14)12-5-6-12/h1-4,7-8,12,15,22H,5-6,9-11H2. The first kappa shape index (κ1) is 15.1. The summed E-state index contributed by atoms with van der Waals surface area (Å²) in [6, 6.07) is 8.72. The van der Waals surface area contributed by atoms with Crippen molar-refractivity contribution in [1.82, 2.24) is 14.9 Å². The van der Waals surface area contributed by atoms with Crippen molar-refractivity contribution in [2.45, 2.75) is 24.8 Å². The molecule has 4 rings (SSSR count). The highest BCUT2D eigenvalue weighted by atomic mass is 16.5. The van der Waals surface area contributed by atoms with E-state index in [-0.39, 0.29) is 12.5 Å². The average molecular weight is 325 g/mol. The number of fused-ring (bicyclic) bond motifs is 1. The molecule has 1 aliphatic carbocycles. The van der Waals surface area contributed by atoms with Crippen molar-refractivity contribution >= 4 is 5.91 Å². The van der Waals surface area contributed by atoms with Gasteiger partial charge in [0.05, 0.1) is 19.2 Å². The van der Waals surface area contributed by atoms with Gasteiger partial charge in [-0.2, -0.15) is 0 Å². The van der Waals surface area contributed by atoms with E-state index in [0.717, 1.165) is 24.2 Å². The third kappa shape index (κ3) is 2.73. The van der Waals surface area contributed by atoms with Crippen molar-refractivity contribution < 1.29 is 14.6 Å². The molecule has 0 saturated heterocycles. The molecule has 0 radical (unpaired) electrons. The van der Waals surface area contributed by atoms with Gasteiger partial charge in [0.2, 0.25) is 0 Å². The fraction of sp³-hybridized carbons (Fsp3) is 0.389. The maximum Gasteiger partial charge on any atom is 0.273 e. The van der Waals surface area contributed by atoms with Gasteiger partial charge in [-0.15, -0.1) is 0 Å². The zero-order chi connectivity index (χ0) is 16.5. The van der Waals surface area contributed by atoms with Crippen molar-refractivity contribution in [3.05, 3.63) is 53.6 Å². The fourth-order valence-corrected chi connectivity index (χ4v) is 3.08. The van der Waals surface area contributed by atoms with E-state index in [9.17, 15) is 9.90 Å². The van der Waals surface area contributed by atoms with Crippen LogP contribution in [0.1, 0.15) is 46.7 Å². The summed E-state index contributed by atoms with van der Waals surface area (Å²) in [5.41, 5.74) is 1.20. The number of para-hydroxylation sites is 1. The summed E-state index contributed by atoms with van der Waals surface area (Å²) < 4.78 is 5.73. The minimum absolute atomic E-state index is 0.160. The summed E-state index contributed by atoms with van der Waals surface area (Å²) in [6.07, 6.45) is 3.81. The maximum absolute atomic E-state index is 13.0. The van der Waals surface area contributed by atoms with E-state index in [1.807, 2.05) is 24.3 Å². The Hall–Kier alpha value is -2.47. The minimum atomic E-state index is -0.435. The molecule has 1 unspecified atom stereocenters. The van der Waals surface area contributed by atoms with Crippen LogP contribution >= 0.6 is 0 Å². The molecule has 2 aliphatic rings. The number of hydrogen-bond donors (Lipinski definition) is 1. The van der Waals surface area contributed by atoms with Gasteiger partial charge in [0.15, 0.2) is 0 Å². The Kier molecular flexibility index (Phi) is 3.90. The monoisotopic (exact) mass is 325 g/mol. The fourth-order valence-electron chi connectivity index (χ4n) is 3.08. The summed E-state index contributed by atoms with van der Waals surface area (Å²) in [5, 5.41) is 9.90. The summed E-state index contributed by atoms with van der Waals surface area (Å²) in [7, 11) is 0. The van der Waals surface area contributed by atoms with Gasteiger partial charge < -0.3 is 14.7 Å². The first-order chi connectivity index (χ1) is 11.8. The van der Waals surface area contributed by atoms with Crippen LogP contribution in [0.3, 0.4) is 0 Å². The lowest BCUT2D eigenvalue weighted by Gasteiger charge is -2.28. The summed E-state index contributed by atoms with van der Waals surface area (Å²) in [4.78, 5) is 23.3. The second-order valence-electron chi connectivity index (χ2n) is 6.16. The molecular weight excluding hydrogens is 306 g/mol. The third-order valence-corrected chi connectivity index (χ3v) is 4.51. The van der Waals surface area contributed by atoms with Crippen LogP contribution in [0.2, 0.25) is 0 Å². The van der Waals surface area contributed by atoms with Gasteiger partial charge in [-0.05, 0) is 25.0 Å². The lowest BCUT2D eigenvalue weighted by molar-refractivity contribution is 0.0578. The number of rotatable bonds is 3. The van der Waals surface area contributed by atoms with E-state index in [2.05, 4.69) is 9.97 Å². The highest BCUT2D eigenvalue weighted by molar-refractivity contribution is 5.92. The van der Waals surface area contributed by atoms with E-state index < -0.39 is 6.04 Å². The Morgan fingerprint density at radius 2 is 2.12 bits per heavy atom. The molecule has 1 fully saturated rings. The van der Waals surface area contributed by atoms with E-state index in [1.165, 1.54) is 0 Å². The number of aliphatic hydroxyl groups excluding tert-OH is 1. The molecule has 6 nitrogen and oxygen atoms in total. The van der Waals surface area contributed by atoms with Gasteiger partial charge in [-0.1, -0.05) is 18.2 Å². The molecule has 1 atom stereocenters. The number of nitrogens with zero attached hydrogens (tertiary/aromatic N) is 3. The zero-order valence-corrected chi connectivity index (χ0v) is 13.3. The maximum atomic E-state index is 13.0. The number of amides is 1. The van der Waals surface area contributed by atoms with Gasteiger partial charge >= 0.3 is 0 Å². The Labute approximate surface area is 140 Å². The number of carbonyl (C=O) groups is 1. The Morgan fingerprint density at radius 1 is 1.29 bits per heavy atom. The lowest BCUT2D eigenvalue weighted by Crippen LogP contribution is -2.38. The summed E-state index contributed by atoms with van der Waals surface area (Å²) >= 11 is 0. The van der Waals surface area contributed by atoms with Crippen LogP contribution in [-0.4, -0.2) is 45.6 Å². The van der Waals surface area contributed by atoms with Crippen LogP contribution < -0.4 is 4.74 Å². The molecule has 1 aromatic carbocycles. The number of hydrogen-bond acceptors (Lipinski definition) is 5. The smallest absolute Gasteiger partial charge is 0.273 e. The first-order valence-electron chi connectivity index (χ1n) is 8.24. The SMILES string of the molecule is O=C(c1ccnc(C2CC2)n1)N1CCOc2ccccc2C1CO. The highest BCUT2D eigenvalue weighted by Crippen LogP contribution is 2.38. The molecule has 1 aliphatic heterocycles. The second kappa shape index (κ2) is 6.20. The largest absolute Gasteiger partial charge is 0.491 e. The van der Waals surface area contributed by atoms with Gasteiger partial charge in [-0.25, -0.2) is 9.97 Å². The van der Waals surface area contributed by atoms with Crippen LogP contribution in [0.4, 0.5) is 0 Å². The topological polar surface area (TPSA) is 75.6 Å². The Bertz CT molecular complexity index is 761. The molecule has 1 N–H and O–H groups in total. The van der Waals surface area contributed by atoms with Crippen LogP contribution in [0, 0.1) is 0 Å². The number of aromatic nitrogens is 2. The van der Waals surface area contributed by atoms with Crippen LogP contribution in [0.25, 0.3) is 0 Å². The molecule has 0 bridgehead atoms. The molecule has 6 heteroatoms. The molecular formula is C18H19N3O3. The van der Waals surface area contributed by atoms with Crippen molar-refractivity contribution in [1.29, 1.82) is 0 Å².